The highest BCUT2D eigenvalue weighted by Crippen LogP contribution is 2.15. The van der Waals surface area contributed by atoms with Gasteiger partial charge in [0.05, 0.1) is 12.7 Å². The third-order valence-electron chi connectivity index (χ3n) is 3.82. The van der Waals surface area contributed by atoms with Gasteiger partial charge in [-0.05, 0) is 46.5 Å². The summed E-state index contributed by atoms with van der Waals surface area (Å²) in [7, 11) is 0. The van der Waals surface area contributed by atoms with Gasteiger partial charge < -0.3 is 9.84 Å². The van der Waals surface area contributed by atoms with E-state index in [4.69, 9.17) is 4.74 Å². The van der Waals surface area contributed by atoms with Crippen LogP contribution in [0, 0.1) is 0 Å². The van der Waals surface area contributed by atoms with E-state index >= 15 is 0 Å². The molecule has 156 valence electrons. The molecule has 0 saturated heterocycles. The smallest absolute Gasteiger partial charge is 0.327 e. The summed E-state index contributed by atoms with van der Waals surface area (Å²) in [6.07, 6.45) is 11.8. The first kappa shape index (κ1) is 25.3. The van der Waals surface area contributed by atoms with Gasteiger partial charge in [0.15, 0.2) is 0 Å². The molecule has 0 aliphatic carbocycles. The Hall–Kier alpha value is -2.70. The Bertz CT molecular complexity index is 576. The van der Waals surface area contributed by atoms with Gasteiger partial charge in [0, 0.05) is 12.8 Å². The Kier molecular flexibility index (Phi) is 13.9. The number of amides is 2. The lowest BCUT2D eigenvalue weighted by Crippen LogP contribution is -2.49. The quantitative estimate of drug-likeness (QED) is 0.221. The molecule has 0 aromatic heterocycles. The van der Waals surface area contributed by atoms with Gasteiger partial charge in [-0.2, -0.15) is 0 Å². The molecular formula is C21H31NO6. The van der Waals surface area contributed by atoms with E-state index in [1.54, 1.807) is 6.92 Å². The second-order valence-electron chi connectivity index (χ2n) is 6.10. The fourth-order valence-corrected chi connectivity index (χ4v) is 2.44. The summed E-state index contributed by atoms with van der Waals surface area (Å²) in [6, 6.07) is -1.58. The number of esters is 1. The molecule has 0 saturated carbocycles. The van der Waals surface area contributed by atoms with Crippen molar-refractivity contribution in [3.05, 3.63) is 36.6 Å². The lowest BCUT2D eigenvalue weighted by molar-refractivity contribution is -0.160. The molecule has 1 unspecified atom stereocenters. The number of unbranched alkanes of at least 4 members (excludes halogenated alkanes) is 2. The molecule has 0 spiro atoms. The van der Waals surface area contributed by atoms with E-state index in [-0.39, 0.29) is 12.8 Å². The fourth-order valence-electron chi connectivity index (χ4n) is 2.44. The minimum absolute atomic E-state index is 0.0264. The number of carboxylic acids is 1. The summed E-state index contributed by atoms with van der Waals surface area (Å²) in [5, 5.41) is 9.54. The molecule has 1 atom stereocenters. The second-order valence-corrected chi connectivity index (χ2v) is 6.10. The van der Waals surface area contributed by atoms with Gasteiger partial charge >= 0.3 is 11.9 Å². The first-order chi connectivity index (χ1) is 13.4. The molecule has 2 amide bonds. The molecule has 0 fully saturated rings. The van der Waals surface area contributed by atoms with Gasteiger partial charge in [0.1, 0.15) is 6.04 Å². The van der Waals surface area contributed by atoms with Crippen LogP contribution in [0.3, 0.4) is 0 Å². The standard InChI is InChI=1S/C21H31NO6/c1-4-7-9-11-13-18(23)22(19(24)14-12-10-8-5-2)17(21(26)27)16-20(25)28-15-6-3/h4-8,15,17H,9-14,16H2,1-3H3,(H,26,27)/b7-4+,8-5+,15-6+. The predicted molar refractivity (Wildman–Crippen MR) is 106 cm³/mol. The Morgan fingerprint density at radius 2 is 1.39 bits per heavy atom. The van der Waals surface area contributed by atoms with Crippen LogP contribution in [0.2, 0.25) is 0 Å². The number of carbonyl (C=O) groups is 4. The van der Waals surface area contributed by atoms with Gasteiger partial charge in [-0.3, -0.25) is 19.3 Å². The van der Waals surface area contributed by atoms with E-state index in [2.05, 4.69) is 0 Å². The molecule has 0 aromatic rings. The number of hydrogen-bond donors (Lipinski definition) is 1. The number of ether oxygens (including phenoxy) is 1. The highest BCUT2D eigenvalue weighted by atomic mass is 16.5. The average Bonchev–Trinajstić information content (AvgIpc) is 2.66. The molecule has 1 N–H and O–H groups in total. The van der Waals surface area contributed by atoms with E-state index in [1.807, 2.05) is 38.2 Å². The zero-order chi connectivity index (χ0) is 21.4. The molecule has 0 aliphatic rings. The molecular weight excluding hydrogens is 362 g/mol. The highest BCUT2D eigenvalue weighted by Gasteiger charge is 2.36. The van der Waals surface area contributed by atoms with Crippen LogP contribution in [-0.4, -0.2) is 39.8 Å². The molecule has 28 heavy (non-hydrogen) atoms. The molecule has 7 nitrogen and oxygen atoms in total. The highest BCUT2D eigenvalue weighted by molar-refractivity contribution is 6.00. The number of imide groups is 1. The number of rotatable bonds is 13. The summed E-state index contributed by atoms with van der Waals surface area (Å²) in [4.78, 5) is 49.5. The van der Waals surface area contributed by atoms with Crippen LogP contribution in [0.15, 0.2) is 36.6 Å². The van der Waals surface area contributed by atoms with Crippen LogP contribution in [0.1, 0.15) is 65.7 Å². The van der Waals surface area contributed by atoms with Crippen molar-refractivity contribution in [3.8, 4) is 0 Å². The Morgan fingerprint density at radius 1 is 0.893 bits per heavy atom. The van der Waals surface area contributed by atoms with E-state index in [9.17, 15) is 24.3 Å². The van der Waals surface area contributed by atoms with Crippen LogP contribution in [0.4, 0.5) is 0 Å². The van der Waals surface area contributed by atoms with Gasteiger partial charge in [0.2, 0.25) is 11.8 Å². The first-order valence-corrected chi connectivity index (χ1v) is 9.49. The zero-order valence-corrected chi connectivity index (χ0v) is 16.9. The molecule has 0 radical (unpaired) electrons. The molecule has 0 aromatic carbocycles. The van der Waals surface area contributed by atoms with Gasteiger partial charge in [-0.15, -0.1) is 0 Å². The minimum Gasteiger partial charge on any atom is -0.480 e. The normalized spacial score (nSPS) is 12.5. The Balaban J connectivity index is 5.35. The van der Waals surface area contributed by atoms with Crippen molar-refractivity contribution >= 4 is 23.8 Å². The maximum atomic E-state index is 12.6. The van der Waals surface area contributed by atoms with Crippen LogP contribution < -0.4 is 0 Å². The average molecular weight is 393 g/mol. The SMILES string of the molecule is C/C=C/CCCC(=O)N(C(=O)CCC/C=C/C)C(CC(=O)O/C=C/C)C(=O)O. The van der Waals surface area contributed by atoms with E-state index < -0.39 is 36.2 Å². The topological polar surface area (TPSA) is 101 Å². The number of hydrogen-bond acceptors (Lipinski definition) is 5. The summed E-state index contributed by atoms with van der Waals surface area (Å²) in [5.41, 5.74) is 0. The maximum Gasteiger partial charge on any atom is 0.327 e. The van der Waals surface area contributed by atoms with E-state index in [1.165, 1.54) is 6.08 Å². The van der Waals surface area contributed by atoms with Crippen LogP contribution >= 0.6 is 0 Å². The van der Waals surface area contributed by atoms with Crippen LogP contribution in [0.25, 0.3) is 0 Å². The summed E-state index contributed by atoms with van der Waals surface area (Å²) >= 11 is 0. The largest absolute Gasteiger partial charge is 0.480 e. The van der Waals surface area contributed by atoms with Crippen molar-refractivity contribution in [2.75, 3.05) is 0 Å². The van der Waals surface area contributed by atoms with Gasteiger partial charge in [-0.25, -0.2) is 4.79 Å². The van der Waals surface area contributed by atoms with Gasteiger partial charge in [0.25, 0.3) is 0 Å². The summed E-state index contributed by atoms with van der Waals surface area (Å²) in [6.45, 7) is 5.36. The van der Waals surface area contributed by atoms with Crippen LogP contribution in [-0.2, 0) is 23.9 Å². The van der Waals surface area contributed by atoms with Crippen molar-refractivity contribution in [3.63, 3.8) is 0 Å². The summed E-state index contributed by atoms with van der Waals surface area (Å²) < 4.78 is 4.76. The molecule has 0 heterocycles. The summed E-state index contributed by atoms with van der Waals surface area (Å²) in [5.74, 6) is -3.42. The third-order valence-corrected chi connectivity index (χ3v) is 3.82. The Morgan fingerprint density at radius 3 is 1.79 bits per heavy atom. The predicted octanol–water partition coefficient (Wildman–Crippen LogP) is 3.75. The first-order valence-electron chi connectivity index (χ1n) is 9.49. The zero-order valence-electron chi connectivity index (χ0n) is 16.9. The second kappa shape index (κ2) is 15.4. The van der Waals surface area contributed by atoms with Crippen molar-refractivity contribution in [2.45, 2.75) is 71.8 Å². The lowest BCUT2D eigenvalue weighted by atomic mass is 10.1. The number of allylic oxidation sites excluding steroid dienone is 5. The molecule has 7 heteroatoms. The van der Waals surface area contributed by atoms with Crippen molar-refractivity contribution in [1.82, 2.24) is 4.90 Å². The number of carboxylic acid groups (broad SMARTS) is 1. The molecule has 0 bridgehead atoms. The molecule has 0 rings (SSSR count). The number of aliphatic carboxylic acids is 1. The minimum atomic E-state index is -1.58. The monoisotopic (exact) mass is 393 g/mol. The van der Waals surface area contributed by atoms with E-state index in [0.29, 0.717) is 25.7 Å². The van der Waals surface area contributed by atoms with Gasteiger partial charge in [-0.1, -0.05) is 30.4 Å². The van der Waals surface area contributed by atoms with Crippen molar-refractivity contribution in [1.29, 1.82) is 0 Å². The number of nitrogens with zero attached hydrogens (tertiary/aromatic N) is 1. The molecule has 0 aliphatic heterocycles. The van der Waals surface area contributed by atoms with Crippen molar-refractivity contribution in [2.24, 2.45) is 0 Å². The lowest BCUT2D eigenvalue weighted by Gasteiger charge is -2.26. The van der Waals surface area contributed by atoms with Crippen molar-refractivity contribution < 1.29 is 29.0 Å². The Labute approximate surface area is 166 Å². The van der Waals surface area contributed by atoms with E-state index in [0.717, 1.165) is 11.2 Å². The van der Waals surface area contributed by atoms with Crippen LogP contribution in [0.5, 0.6) is 0 Å². The fraction of sp³-hybridized carbons (Fsp3) is 0.524. The maximum absolute atomic E-state index is 12.6. The third kappa shape index (κ3) is 10.4. The number of carbonyl (C=O) groups excluding carboxylic acids is 3.